The van der Waals surface area contributed by atoms with Gasteiger partial charge < -0.3 is 14.3 Å². The van der Waals surface area contributed by atoms with Gasteiger partial charge in [-0.05, 0) is 70.2 Å². The summed E-state index contributed by atoms with van der Waals surface area (Å²) in [4.78, 5) is 17.6. The molecule has 0 spiro atoms. The summed E-state index contributed by atoms with van der Waals surface area (Å²) in [6, 6.07) is 7.14. The number of benzene rings is 1. The fourth-order valence-corrected chi connectivity index (χ4v) is 5.17. The summed E-state index contributed by atoms with van der Waals surface area (Å²) in [5.41, 5.74) is 2.40. The second kappa shape index (κ2) is 6.90. The first-order valence-corrected chi connectivity index (χ1v) is 10.1. The Bertz CT molecular complexity index is 874. The molecule has 2 aliphatic rings. The molecular weight excluding hydrogens is 357 g/mol. The second-order valence-electron chi connectivity index (χ2n) is 8.64. The van der Waals surface area contributed by atoms with Crippen molar-refractivity contribution >= 4 is 11.6 Å². The molecule has 4 rings (SSSR count). The minimum atomic E-state index is -0.214. The van der Waals surface area contributed by atoms with E-state index in [1.807, 2.05) is 24.0 Å². The van der Waals surface area contributed by atoms with Crippen molar-refractivity contribution in [2.24, 2.45) is 5.92 Å². The van der Waals surface area contributed by atoms with Crippen molar-refractivity contribution in [2.75, 3.05) is 18.0 Å². The number of carbonyl (C=O) groups is 1. The van der Waals surface area contributed by atoms with E-state index in [4.69, 9.17) is 4.52 Å². The third-order valence-corrected chi connectivity index (χ3v) is 6.31. The molecule has 150 valence electrons. The fourth-order valence-electron chi connectivity index (χ4n) is 5.17. The van der Waals surface area contributed by atoms with Gasteiger partial charge >= 0.3 is 0 Å². The molecule has 2 saturated heterocycles. The molecule has 28 heavy (non-hydrogen) atoms. The van der Waals surface area contributed by atoms with Crippen molar-refractivity contribution in [3.63, 3.8) is 0 Å². The van der Waals surface area contributed by atoms with Gasteiger partial charge in [-0.15, -0.1) is 0 Å². The van der Waals surface area contributed by atoms with Crippen molar-refractivity contribution in [1.29, 1.82) is 0 Å². The molecule has 2 fully saturated rings. The predicted octanol–water partition coefficient (Wildman–Crippen LogP) is 4.20. The Labute approximate surface area is 165 Å². The highest BCUT2D eigenvalue weighted by atomic mass is 19.1. The zero-order valence-electron chi connectivity index (χ0n) is 17.0. The van der Waals surface area contributed by atoms with E-state index in [1.165, 1.54) is 12.1 Å². The molecule has 0 N–H and O–H groups in total. The number of halogens is 1. The van der Waals surface area contributed by atoms with Gasteiger partial charge in [0.1, 0.15) is 17.1 Å². The molecule has 2 aromatic rings. The molecule has 1 aromatic carbocycles. The van der Waals surface area contributed by atoms with Crippen LogP contribution in [0.2, 0.25) is 0 Å². The molecular formula is C22H28FN3O2. The largest absolute Gasteiger partial charge is 0.363 e. The number of aryl methyl sites for hydroxylation is 2. The summed E-state index contributed by atoms with van der Waals surface area (Å²) in [6.07, 6.45) is 2.59. The van der Waals surface area contributed by atoms with Crippen LogP contribution < -0.4 is 4.90 Å². The van der Waals surface area contributed by atoms with E-state index < -0.39 is 0 Å². The number of anilines is 1. The first kappa shape index (κ1) is 19.0. The molecule has 0 unspecified atom stereocenters. The molecule has 5 nitrogen and oxygen atoms in total. The van der Waals surface area contributed by atoms with Crippen molar-refractivity contribution < 1.29 is 13.7 Å². The van der Waals surface area contributed by atoms with Gasteiger partial charge in [0.25, 0.3) is 5.91 Å². The van der Waals surface area contributed by atoms with Crippen LogP contribution in [0.3, 0.4) is 0 Å². The number of rotatable bonds is 3. The summed E-state index contributed by atoms with van der Waals surface area (Å²) in [5, 5.41) is 4.04. The van der Waals surface area contributed by atoms with Crippen LogP contribution >= 0.6 is 0 Å². The highest BCUT2D eigenvalue weighted by molar-refractivity contribution is 5.96. The maximum absolute atomic E-state index is 13.4. The predicted molar refractivity (Wildman–Crippen MR) is 106 cm³/mol. The molecule has 0 aliphatic carbocycles. The van der Waals surface area contributed by atoms with Crippen LogP contribution in [0, 0.1) is 18.7 Å². The molecule has 2 aliphatic heterocycles. The van der Waals surface area contributed by atoms with Crippen molar-refractivity contribution in [3.8, 4) is 0 Å². The van der Waals surface area contributed by atoms with Crippen LogP contribution in [-0.4, -0.2) is 40.6 Å². The lowest BCUT2D eigenvalue weighted by molar-refractivity contribution is 0.0664. The second-order valence-corrected chi connectivity index (χ2v) is 8.64. The SMILES string of the molecule is CCc1noc(C)c1C(=O)N1CC[C@H]2[C@@H](C1)CC(C)(C)N2c1ccc(F)cc1. The van der Waals surface area contributed by atoms with Gasteiger partial charge in [0, 0.05) is 30.4 Å². The number of amides is 1. The van der Waals surface area contributed by atoms with Gasteiger partial charge in [0.2, 0.25) is 0 Å². The number of carbonyl (C=O) groups excluding carboxylic acids is 1. The Morgan fingerprint density at radius 3 is 2.71 bits per heavy atom. The summed E-state index contributed by atoms with van der Waals surface area (Å²) in [6.45, 7) is 9.71. The zero-order valence-corrected chi connectivity index (χ0v) is 17.0. The van der Waals surface area contributed by atoms with Crippen LogP contribution in [0.25, 0.3) is 0 Å². The number of hydrogen-bond acceptors (Lipinski definition) is 4. The summed E-state index contributed by atoms with van der Waals surface area (Å²) < 4.78 is 18.7. The number of fused-ring (bicyclic) bond motifs is 1. The Morgan fingerprint density at radius 2 is 2.04 bits per heavy atom. The number of aromatic nitrogens is 1. The number of hydrogen-bond donors (Lipinski definition) is 0. The Balaban J connectivity index is 1.56. The third-order valence-electron chi connectivity index (χ3n) is 6.31. The molecule has 1 amide bonds. The first-order valence-electron chi connectivity index (χ1n) is 10.1. The Morgan fingerprint density at radius 1 is 1.32 bits per heavy atom. The normalized spacial score (nSPS) is 23.8. The van der Waals surface area contributed by atoms with Crippen LogP contribution in [-0.2, 0) is 6.42 Å². The third kappa shape index (κ3) is 3.09. The molecule has 0 saturated carbocycles. The molecule has 6 heteroatoms. The summed E-state index contributed by atoms with van der Waals surface area (Å²) in [5.74, 6) is 0.812. The standard InChI is InChI=1S/C22H28FN3O2/c1-5-18-20(14(2)28-24-18)21(27)25-11-10-19-15(13-25)12-22(3,4)26(19)17-8-6-16(23)7-9-17/h6-9,15,19H,5,10-13H2,1-4H3/t15-,19+/m1/s1. The van der Waals surface area contributed by atoms with Gasteiger partial charge in [-0.25, -0.2) is 4.39 Å². The lowest BCUT2D eigenvalue weighted by Gasteiger charge is -2.41. The van der Waals surface area contributed by atoms with Crippen molar-refractivity contribution in [3.05, 3.63) is 47.1 Å². The fraction of sp³-hybridized carbons (Fsp3) is 0.545. The number of likely N-dealkylation sites (tertiary alicyclic amines) is 1. The van der Waals surface area contributed by atoms with E-state index in [0.29, 0.717) is 36.2 Å². The van der Waals surface area contributed by atoms with Crippen LogP contribution in [0.5, 0.6) is 0 Å². The topological polar surface area (TPSA) is 49.6 Å². The van der Waals surface area contributed by atoms with E-state index in [9.17, 15) is 9.18 Å². The molecule has 3 heterocycles. The monoisotopic (exact) mass is 385 g/mol. The lowest BCUT2D eigenvalue weighted by Crippen LogP contribution is -2.50. The summed E-state index contributed by atoms with van der Waals surface area (Å²) >= 11 is 0. The number of piperidine rings is 1. The highest BCUT2D eigenvalue weighted by Gasteiger charge is 2.49. The van der Waals surface area contributed by atoms with Gasteiger partial charge in [-0.2, -0.15) is 0 Å². The van der Waals surface area contributed by atoms with Gasteiger partial charge in [0.15, 0.2) is 0 Å². The Hall–Kier alpha value is -2.37. The Kier molecular flexibility index (Phi) is 4.68. The minimum absolute atomic E-state index is 0.0338. The molecule has 2 atom stereocenters. The van der Waals surface area contributed by atoms with Crippen LogP contribution in [0.15, 0.2) is 28.8 Å². The van der Waals surface area contributed by atoms with E-state index >= 15 is 0 Å². The van der Waals surface area contributed by atoms with E-state index in [2.05, 4.69) is 23.9 Å². The molecule has 0 radical (unpaired) electrons. The van der Waals surface area contributed by atoms with Crippen molar-refractivity contribution in [1.82, 2.24) is 10.1 Å². The zero-order chi connectivity index (χ0) is 20.1. The lowest BCUT2D eigenvalue weighted by atomic mass is 9.89. The van der Waals surface area contributed by atoms with Gasteiger partial charge in [0.05, 0.1) is 5.69 Å². The maximum atomic E-state index is 13.4. The van der Waals surface area contributed by atoms with E-state index in [0.717, 1.165) is 30.8 Å². The smallest absolute Gasteiger partial charge is 0.259 e. The molecule has 0 bridgehead atoms. The van der Waals surface area contributed by atoms with Gasteiger partial charge in [-0.1, -0.05) is 12.1 Å². The first-order chi connectivity index (χ1) is 13.3. The van der Waals surface area contributed by atoms with Crippen LogP contribution in [0.4, 0.5) is 10.1 Å². The van der Waals surface area contributed by atoms with Crippen molar-refractivity contribution in [2.45, 2.75) is 58.5 Å². The average Bonchev–Trinajstić information content (AvgIpc) is 3.16. The van der Waals surface area contributed by atoms with E-state index in [-0.39, 0.29) is 17.3 Å². The highest BCUT2D eigenvalue weighted by Crippen LogP contribution is 2.44. The minimum Gasteiger partial charge on any atom is -0.363 e. The maximum Gasteiger partial charge on any atom is 0.259 e. The van der Waals surface area contributed by atoms with Crippen LogP contribution in [0.1, 0.15) is 55.4 Å². The molecule has 1 aromatic heterocycles. The quantitative estimate of drug-likeness (QED) is 0.794. The average molecular weight is 385 g/mol. The number of nitrogens with zero attached hydrogens (tertiary/aromatic N) is 3. The van der Waals surface area contributed by atoms with E-state index in [1.54, 1.807) is 6.92 Å². The summed E-state index contributed by atoms with van der Waals surface area (Å²) in [7, 11) is 0. The van der Waals surface area contributed by atoms with Gasteiger partial charge in [-0.3, -0.25) is 4.79 Å².